The van der Waals surface area contributed by atoms with E-state index in [0.29, 0.717) is 22.7 Å². The summed E-state index contributed by atoms with van der Waals surface area (Å²) in [6.45, 7) is 0.226. The molecule has 2 saturated heterocycles. The smallest absolute Gasteiger partial charge is 0.356 e. The van der Waals surface area contributed by atoms with Crippen molar-refractivity contribution in [1.29, 1.82) is 0 Å². The molecule has 0 aliphatic carbocycles. The number of allylic oxidation sites excluding steroid dienone is 1. The van der Waals surface area contributed by atoms with E-state index in [2.05, 4.69) is 52.2 Å². The van der Waals surface area contributed by atoms with Crippen LogP contribution < -0.4 is 10.6 Å². The van der Waals surface area contributed by atoms with E-state index in [1.165, 1.54) is 35.1 Å². The van der Waals surface area contributed by atoms with Crippen LogP contribution in [0.15, 0.2) is 185 Å². The molecule has 0 unspecified atom stereocenters. The summed E-state index contributed by atoms with van der Waals surface area (Å²) in [6, 6.07) is 47.8. The summed E-state index contributed by atoms with van der Waals surface area (Å²) in [4.78, 5) is 66.9. The monoisotopic (exact) mass is 887 g/mol. The van der Waals surface area contributed by atoms with E-state index in [4.69, 9.17) is 19.3 Å². The van der Waals surface area contributed by atoms with E-state index in [1.54, 1.807) is 11.5 Å². The number of anilines is 1. The van der Waals surface area contributed by atoms with Crippen LogP contribution in [-0.4, -0.2) is 70.2 Å². The average Bonchev–Trinajstić information content (AvgIpc) is 3.99. The number of nitrogens with zero attached hydrogens (tertiary/aromatic N) is 3. The van der Waals surface area contributed by atoms with Crippen molar-refractivity contribution in [1.82, 2.24) is 15.2 Å². The molecule has 2 N–H and O–H groups in total. The fourth-order valence-corrected chi connectivity index (χ4v) is 10.2. The first-order valence-corrected chi connectivity index (χ1v) is 22.5. The second kappa shape index (κ2) is 18.6. The van der Waals surface area contributed by atoms with Gasteiger partial charge in [-0.3, -0.25) is 14.5 Å². The van der Waals surface area contributed by atoms with E-state index < -0.39 is 46.8 Å². The van der Waals surface area contributed by atoms with E-state index in [-0.39, 0.29) is 29.5 Å². The highest BCUT2D eigenvalue weighted by atomic mass is 32.2. The van der Waals surface area contributed by atoms with Crippen molar-refractivity contribution in [3.8, 4) is 0 Å². The van der Waals surface area contributed by atoms with E-state index in [1.807, 2.05) is 115 Å². The van der Waals surface area contributed by atoms with E-state index >= 15 is 0 Å². The highest BCUT2D eigenvalue weighted by molar-refractivity contribution is 8.00. The fraction of sp³-hybridized carbons (Fsp3) is 0.160. The van der Waals surface area contributed by atoms with Crippen LogP contribution in [-0.2, 0) is 39.0 Å². The van der Waals surface area contributed by atoms with Crippen molar-refractivity contribution in [3.63, 3.8) is 0 Å². The molecule has 2 fully saturated rings. The van der Waals surface area contributed by atoms with Gasteiger partial charge in [0.05, 0.1) is 6.61 Å². The predicted molar refractivity (Wildman–Crippen MR) is 245 cm³/mol. The molecule has 2 atom stereocenters. The number of thiazole rings is 1. The highest BCUT2D eigenvalue weighted by Gasteiger charge is 2.55. The number of hydrogen-bond donors (Lipinski definition) is 2. The molecule has 3 aliphatic heterocycles. The zero-order valence-corrected chi connectivity index (χ0v) is 36.1. The van der Waals surface area contributed by atoms with Gasteiger partial charge in [-0.05, 0) is 39.5 Å². The van der Waals surface area contributed by atoms with Crippen LogP contribution in [0, 0.1) is 0 Å². The molecule has 3 aliphatic rings. The Labute approximate surface area is 377 Å². The minimum Gasteiger partial charge on any atom is -0.462 e. The van der Waals surface area contributed by atoms with Gasteiger partial charge in [0.25, 0.3) is 11.8 Å². The molecule has 4 heterocycles. The topological polar surface area (TPSA) is 149 Å². The number of cyclic esters (lactones) is 1. The number of β-lactam (4-membered cyclic amide) rings is 1. The number of esters is 2. The molecule has 0 spiro atoms. The molecular formula is C50H41N5O7S2. The van der Waals surface area contributed by atoms with Gasteiger partial charge in [0.2, 0.25) is 0 Å². The summed E-state index contributed by atoms with van der Waals surface area (Å²) in [5, 5.41) is 12.2. The number of thioether (sulfide) groups is 1. The van der Waals surface area contributed by atoms with Gasteiger partial charge in [0.1, 0.15) is 35.5 Å². The van der Waals surface area contributed by atoms with Gasteiger partial charge >= 0.3 is 11.9 Å². The zero-order valence-electron chi connectivity index (χ0n) is 34.5. The fourth-order valence-electron chi connectivity index (χ4n) is 8.17. The number of carbonyl (C=O) groups excluding carboxylic acids is 4. The van der Waals surface area contributed by atoms with Crippen LogP contribution in [0.3, 0.4) is 0 Å². The van der Waals surface area contributed by atoms with Gasteiger partial charge in [-0.1, -0.05) is 157 Å². The molecule has 9 rings (SSSR count). The molecule has 320 valence electrons. The van der Waals surface area contributed by atoms with Crippen LogP contribution in [0.2, 0.25) is 0 Å². The number of amides is 2. The number of oxime groups is 1. The quantitative estimate of drug-likeness (QED) is 0.0278. The Balaban J connectivity index is 0.992. The minimum absolute atomic E-state index is 0.00282. The SMILES string of the molecule is CO/N=C(\C(=O)N[C@@H]1C(=O)N2C(C(=O)OC(c3ccccc3)c3ccccc3)=C(/C=C3\CCOC3=O)CS[C@@H]12)c1csc(NC(c2ccccc2)(c2ccccc2)c2ccccc2)n1. The second-order valence-corrected chi connectivity index (χ2v) is 17.0. The second-order valence-electron chi connectivity index (χ2n) is 15.0. The maximum Gasteiger partial charge on any atom is 0.356 e. The Morgan fingerprint density at radius 2 is 1.38 bits per heavy atom. The van der Waals surface area contributed by atoms with Crippen molar-refractivity contribution in [2.45, 2.75) is 29.5 Å². The summed E-state index contributed by atoms with van der Waals surface area (Å²) in [7, 11) is 1.33. The molecule has 0 bridgehead atoms. The number of hydrogen-bond acceptors (Lipinski definition) is 12. The molecule has 64 heavy (non-hydrogen) atoms. The number of carbonyl (C=O) groups is 4. The van der Waals surface area contributed by atoms with Gasteiger partial charge in [-0.15, -0.1) is 23.1 Å². The first kappa shape index (κ1) is 42.0. The van der Waals surface area contributed by atoms with Crippen LogP contribution in [0.4, 0.5) is 5.13 Å². The van der Waals surface area contributed by atoms with Crippen molar-refractivity contribution >= 4 is 57.7 Å². The lowest BCUT2D eigenvalue weighted by atomic mass is 9.77. The van der Waals surface area contributed by atoms with Crippen molar-refractivity contribution in [3.05, 3.63) is 213 Å². The Morgan fingerprint density at radius 1 is 0.828 bits per heavy atom. The number of rotatable bonds is 14. The Kier molecular flexibility index (Phi) is 12.2. The molecule has 14 heteroatoms. The minimum atomic E-state index is -1.04. The van der Waals surface area contributed by atoms with E-state index in [0.717, 1.165) is 27.8 Å². The molecule has 0 saturated carbocycles. The Hall–Kier alpha value is -7.29. The summed E-state index contributed by atoms with van der Waals surface area (Å²) in [6.07, 6.45) is 1.19. The molecule has 2 amide bonds. The Bertz CT molecular complexity index is 2630. The maximum atomic E-state index is 14.5. The normalized spacial score (nSPS) is 18.0. The molecule has 12 nitrogen and oxygen atoms in total. The molecule has 0 radical (unpaired) electrons. The van der Waals surface area contributed by atoms with Crippen LogP contribution >= 0.6 is 23.1 Å². The van der Waals surface area contributed by atoms with Crippen molar-refractivity contribution in [2.24, 2.45) is 5.16 Å². The molecule has 5 aromatic carbocycles. The molecule has 6 aromatic rings. The predicted octanol–water partition coefficient (Wildman–Crippen LogP) is 7.76. The first-order chi connectivity index (χ1) is 31.4. The van der Waals surface area contributed by atoms with E-state index in [9.17, 15) is 19.2 Å². The number of nitrogens with one attached hydrogen (secondary N) is 2. The summed E-state index contributed by atoms with van der Waals surface area (Å²) in [5.74, 6) is -2.21. The van der Waals surface area contributed by atoms with Gasteiger partial charge in [-0.2, -0.15) is 0 Å². The molecular weight excluding hydrogens is 847 g/mol. The van der Waals surface area contributed by atoms with Crippen LogP contribution in [0.5, 0.6) is 0 Å². The maximum absolute atomic E-state index is 14.5. The first-order valence-electron chi connectivity index (χ1n) is 20.5. The number of aromatic nitrogens is 1. The van der Waals surface area contributed by atoms with Crippen LogP contribution in [0.1, 0.15) is 46.0 Å². The number of fused-ring (bicyclic) bond motifs is 1. The van der Waals surface area contributed by atoms with Crippen molar-refractivity contribution < 1.29 is 33.5 Å². The van der Waals surface area contributed by atoms with Gasteiger partial charge in [-0.25, -0.2) is 14.6 Å². The number of benzene rings is 5. The number of ether oxygens (including phenoxy) is 2. The Morgan fingerprint density at radius 3 is 1.89 bits per heavy atom. The average molecular weight is 888 g/mol. The highest BCUT2D eigenvalue weighted by Crippen LogP contribution is 2.44. The summed E-state index contributed by atoms with van der Waals surface area (Å²) in [5.41, 5.74) is 4.44. The molecule has 1 aromatic heterocycles. The van der Waals surface area contributed by atoms with Crippen LogP contribution in [0.25, 0.3) is 0 Å². The standard InChI is InChI=1S/C50H41N5O7S2/c1-60-54-40(39-31-64-49(51-39)53-50(36-21-11-4-12-22-36,37-23-13-5-14-24-37)38-25-15-6-16-26-38)44(56)52-41-45(57)55-42(35(30-63-46(41)55)29-34-27-28-61-47(34)58)48(59)62-43(32-17-7-2-8-18-32)33-19-9-3-10-20-33/h2-26,29,31,41,43,46H,27-28,30H2,1H3,(H,51,53)(H,52,56)/b34-29+,54-40-/t41-,46+/m1/s1. The lowest BCUT2D eigenvalue weighted by molar-refractivity contribution is -0.154. The lowest BCUT2D eigenvalue weighted by Gasteiger charge is -2.49. The van der Waals surface area contributed by atoms with Gasteiger partial charge in [0.15, 0.2) is 16.9 Å². The zero-order chi connectivity index (χ0) is 44.0. The largest absolute Gasteiger partial charge is 0.462 e. The summed E-state index contributed by atoms with van der Waals surface area (Å²) < 4.78 is 11.4. The van der Waals surface area contributed by atoms with Crippen molar-refractivity contribution in [2.75, 3.05) is 24.8 Å². The third-order valence-corrected chi connectivity index (χ3v) is 13.2. The summed E-state index contributed by atoms with van der Waals surface area (Å²) >= 11 is 2.64. The third kappa shape index (κ3) is 8.20. The van der Waals surface area contributed by atoms with Gasteiger partial charge in [0, 0.05) is 23.1 Å². The van der Waals surface area contributed by atoms with Gasteiger partial charge < -0.3 is 24.9 Å². The third-order valence-electron chi connectivity index (χ3n) is 11.2. The lowest BCUT2D eigenvalue weighted by Crippen LogP contribution is -2.71.